The molecule has 3 rings (SSSR count). The van der Waals surface area contributed by atoms with Gasteiger partial charge in [0, 0.05) is 37.4 Å². The van der Waals surface area contributed by atoms with Crippen molar-refractivity contribution in [2.75, 3.05) is 39.1 Å². The minimum atomic E-state index is -3.17. The lowest BCUT2D eigenvalue weighted by Crippen LogP contribution is -2.43. The number of sulfonamides is 1. The molecule has 20 heavy (non-hydrogen) atoms. The van der Waals surface area contributed by atoms with Crippen LogP contribution < -0.4 is 5.32 Å². The van der Waals surface area contributed by atoms with E-state index in [4.69, 9.17) is 4.74 Å². The maximum atomic E-state index is 11.8. The van der Waals surface area contributed by atoms with Crippen molar-refractivity contribution in [2.45, 2.75) is 19.3 Å². The topological polar surface area (TPSA) is 75.7 Å². The van der Waals surface area contributed by atoms with Gasteiger partial charge in [-0.15, -0.1) is 0 Å². The molecule has 0 unspecified atom stereocenters. The monoisotopic (exact) mass is 302 g/mol. The molecule has 1 N–H and O–H groups in total. The first-order valence-corrected chi connectivity index (χ1v) is 9.03. The Morgan fingerprint density at radius 3 is 2.85 bits per heavy atom. The van der Waals surface area contributed by atoms with Crippen LogP contribution in [0.3, 0.4) is 0 Å². The second kappa shape index (κ2) is 4.96. The van der Waals surface area contributed by atoms with Gasteiger partial charge in [0.2, 0.25) is 15.9 Å². The van der Waals surface area contributed by atoms with E-state index in [0.29, 0.717) is 45.2 Å². The minimum absolute atomic E-state index is 0.0883. The van der Waals surface area contributed by atoms with E-state index in [1.54, 1.807) is 0 Å². The number of nitrogens with zero attached hydrogens (tertiary/aromatic N) is 1. The number of nitrogens with one attached hydrogen (secondary N) is 1. The molecule has 3 aliphatic rings. The molecule has 6 nitrogen and oxygen atoms in total. The summed E-state index contributed by atoms with van der Waals surface area (Å²) in [4.78, 5) is 11.8. The Balaban J connectivity index is 1.61. The maximum Gasteiger partial charge on any atom is 0.220 e. The summed E-state index contributed by atoms with van der Waals surface area (Å²) in [6, 6.07) is 0. The van der Waals surface area contributed by atoms with Crippen molar-refractivity contribution in [3.05, 3.63) is 0 Å². The van der Waals surface area contributed by atoms with E-state index in [0.717, 1.165) is 12.8 Å². The third-order valence-corrected chi connectivity index (χ3v) is 5.98. The van der Waals surface area contributed by atoms with Crippen LogP contribution in [0, 0.1) is 17.3 Å². The summed E-state index contributed by atoms with van der Waals surface area (Å²) in [7, 11) is -3.17. The van der Waals surface area contributed by atoms with Gasteiger partial charge in [-0.3, -0.25) is 4.79 Å². The van der Waals surface area contributed by atoms with E-state index in [1.165, 1.54) is 10.6 Å². The fourth-order valence-electron chi connectivity index (χ4n) is 3.22. The van der Waals surface area contributed by atoms with Gasteiger partial charge in [0.05, 0.1) is 19.5 Å². The normalized spacial score (nSPS) is 34.1. The van der Waals surface area contributed by atoms with Crippen LogP contribution in [-0.2, 0) is 19.6 Å². The molecule has 2 heterocycles. The number of carbonyl (C=O) groups is 1. The highest BCUT2D eigenvalue weighted by Gasteiger charge is 2.52. The van der Waals surface area contributed by atoms with Crippen molar-refractivity contribution in [3.63, 3.8) is 0 Å². The summed E-state index contributed by atoms with van der Waals surface area (Å²) in [5.41, 5.74) is -0.234. The molecular weight excluding hydrogens is 280 g/mol. The number of fused-ring (bicyclic) bond motifs is 1. The number of amides is 1. The Hall–Kier alpha value is -0.660. The van der Waals surface area contributed by atoms with Crippen LogP contribution in [0.1, 0.15) is 19.3 Å². The van der Waals surface area contributed by atoms with Crippen molar-refractivity contribution >= 4 is 15.9 Å². The van der Waals surface area contributed by atoms with Crippen molar-refractivity contribution in [3.8, 4) is 0 Å². The highest BCUT2D eigenvalue weighted by atomic mass is 32.2. The van der Waals surface area contributed by atoms with Gasteiger partial charge >= 0.3 is 0 Å². The molecule has 2 saturated heterocycles. The maximum absolute atomic E-state index is 11.8. The standard InChI is InChI=1S/C13H22N2O4S/c1-20(17,18)15-5-11-6-19-9-13(11,8-15)7-14-12(16)4-10-2-3-10/h10-11H,2-9H2,1H3,(H,14,16)/t11-,13+/m1/s1. The molecule has 0 radical (unpaired) electrons. The van der Waals surface area contributed by atoms with E-state index >= 15 is 0 Å². The summed E-state index contributed by atoms with van der Waals surface area (Å²) < 4.78 is 30.4. The third kappa shape index (κ3) is 2.84. The smallest absolute Gasteiger partial charge is 0.220 e. The molecular formula is C13H22N2O4S. The van der Waals surface area contributed by atoms with Gasteiger partial charge in [0.25, 0.3) is 0 Å². The van der Waals surface area contributed by atoms with Crippen molar-refractivity contribution in [1.82, 2.24) is 9.62 Å². The molecule has 1 amide bonds. The Bertz CT molecular complexity index is 503. The summed E-state index contributed by atoms with van der Waals surface area (Å²) in [6.07, 6.45) is 4.17. The van der Waals surface area contributed by atoms with Crippen LogP contribution in [0.2, 0.25) is 0 Å². The molecule has 0 aromatic rings. The molecule has 3 fully saturated rings. The molecule has 0 aromatic carbocycles. The number of hydrogen-bond acceptors (Lipinski definition) is 4. The van der Waals surface area contributed by atoms with Crippen LogP contribution in [0.5, 0.6) is 0 Å². The van der Waals surface area contributed by atoms with Gasteiger partial charge in [-0.05, 0) is 18.8 Å². The van der Waals surface area contributed by atoms with Crippen molar-refractivity contribution < 1.29 is 17.9 Å². The minimum Gasteiger partial charge on any atom is -0.380 e. The third-order valence-electron chi connectivity index (χ3n) is 4.77. The molecule has 0 bridgehead atoms. The van der Waals surface area contributed by atoms with E-state index in [9.17, 15) is 13.2 Å². The van der Waals surface area contributed by atoms with E-state index in [-0.39, 0.29) is 17.2 Å². The fourth-order valence-corrected chi connectivity index (χ4v) is 4.16. The average molecular weight is 302 g/mol. The predicted molar refractivity (Wildman–Crippen MR) is 73.5 cm³/mol. The fraction of sp³-hybridized carbons (Fsp3) is 0.923. The molecule has 2 aliphatic heterocycles. The lowest BCUT2D eigenvalue weighted by Gasteiger charge is -2.27. The highest BCUT2D eigenvalue weighted by Crippen LogP contribution is 2.41. The van der Waals surface area contributed by atoms with Crippen LogP contribution in [0.25, 0.3) is 0 Å². The van der Waals surface area contributed by atoms with Crippen LogP contribution in [0.15, 0.2) is 0 Å². The zero-order chi connectivity index (χ0) is 14.4. The molecule has 114 valence electrons. The number of rotatable bonds is 5. The van der Waals surface area contributed by atoms with Crippen LogP contribution in [0.4, 0.5) is 0 Å². The van der Waals surface area contributed by atoms with Crippen molar-refractivity contribution in [2.24, 2.45) is 17.3 Å². The van der Waals surface area contributed by atoms with Crippen LogP contribution >= 0.6 is 0 Å². The van der Waals surface area contributed by atoms with E-state index < -0.39 is 10.0 Å². The average Bonchev–Trinajstić information content (AvgIpc) is 2.94. The Kier molecular flexibility index (Phi) is 3.54. The molecule has 2 atom stereocenters. The SMILES string of the molecule is CS(=O)(=O)N1C[C@@H]2COC[C@]2(CNC(=O)CC2CC2)C1. The van der Waals surface area contributed by atoms with Crippen LogP contribution in [-0.4, -0.2) is 57.7 Å². The molecule has 1 saturated carbocycles. The number of ether oxygens (including phenoxy) is 1. The molecule has 7 heteroatoms. The first kappa shape index (κ1) is 14.3. The molecule has 0 aromatic heterocycles. The second-order valence-corrected chi connectivity index (χ2v) is 8.54. The predicted octanol–water partition coefficient (Wildman–Crippen LogP) is -0.189. The molecule has 1 aliphatic carbocycles. The Morgan fingerprint density at radius 1 is 1.45 bits per heavy atom. The first-order valence-electron chi connectivity index (χ1n) is 7.19. The van der Waals surface area contributed by atoms with E-state index in [1.807, 2.05) is 0 Å². The Labute approximate surface area is 119 Å². The Morgan fingerprint density at radius 2 is 2.20 bits per heavy atom. The lowest BCUT2D eigenvalue weighted by atomic mass is 9.81. The zero-order valence-electron chi connectivity index (χ0n) is 11.8. The quantitative estimate of drug-likeness (QED) is 0.764. The molecule has 0 spiro atoms. The zero-order valence-corrected chi connectivity index (χ0v) is 12.6. The summed E-state index contributed by atoms with van der Waals surface area (Å²) >= 11 is 0. The van der Waals surface area contributed by atoms with Gasteiger partial charge in [-0.1, -0.05) is 0 Å². The second-order valence-electron chi connectivity index (χ2n) is 6.55. The summed E-state index contributed by atoms with van der Waals surface area (Å²) in [6.45, 7) is 2.62. The number of carbonyl (C=O) groups excluding carboxylic acids is 1. The van der Waals surface area contributed by atoms with Gasteiger partial charge in [0.15, 0.2) is 0 Å². The highest BCUT2D eigenvalue weighted by molar-refractivity contribution is 7.88. The van der Waals surface area contributed by atoms with E-state index in [2.05, 4.69) is 5.32 Å². The van der Waals surface area contributed by atoms with Gasteiger partial charge in [-0.25, -0.2) is 12.7 Å². The number of hydrogen-bond donors (Lipinski definition) is 1. The lowest BCUT2D eigenvalue weighted by molar-refractivity contribution is -0.122. The van der Waals surface area contributed by atoms with Gasteiger partial charge in [-0.2, -0.15) is 0 Å². The summed E-state index contributed by atoms with van der Waals surface area (Å²) in [5.74, 6) is 0.850. The largest absolute Gasteiger partial charge is 0.380 e. The van der Waals surface area contributed by atoms with Crippen molar-refractivity contribution in [1.29, 1.82) is 0 Å². The van der Waals surface area contributed by atoms with Gasteiger partial charge in [0.1, 0.15) is 0 Å². The first-order chi connectivity index (χ1) is 9.39. The summed E-state index contributed by atoms with van der Waals surface area (Å²) in [5, 5.41) is 2.99. The van der Waals surface area contributed by atoms with Gasteiger partial charge < -0.3 is 10.1 Å².